The van der Waals surface area contributed by atoms with Crippen LogP contribution in [0.15, 0.2) is 59.1 Å². The zero-order chi connectivity index (χ0) is 19.8. The third kappa shape index (κ3) is 5.13. The number of benzene rings is 2. The average molecular weight is 380 g/mol. The van der Waals surface area contributed by atoms with Gasteiger partial charge in [-0.05, 0) is 42.8 Å². The van der Waals surface area contributed by atoms with Gasteiger partial charge in [0.1, 0.15) is 17.2 Å². The van der Waals surface area contributed by atoms with E-state index >= 15 is 0 Å². The first-order valence-corrected chi connectivity index (χ1v) is 9.30. The summed E-state index contributed by atoms with van der Waals surface area (Å²) in [6.07, 6.45) is 2.10. The predicted octanol–water partition coefficient (Wildman–Crippen LogP) is 4.46. The molecule has 0 radical (unpaired) electrons. The molecule has 146 valence electrons. The Bertz CT molecular complexity index is 903. The van der Waals surface area contributed by atoms with E-state index in [4.69, 9.17) is 14.0 Å². The van der Waals surface area contributed by atoms with Crippen LogP contribution in [0.2, 0.25) is 0 Å². The summed E-state index contributed by atoms with van der Waals surface area (Å²) in [4.78, 5) is 12.3. The molecule has 0 aliphatic rings. The van der Waals surface area contributed by atoms with Gasteiger partial charge in [-0.25, -0.2) is 0 Å². The number of carbonyl (C=O) groups is 1. The Morgan fingerprint density at radius 2 is 1.93 bits per heavy atom. The molecule has 28 heavy (non-hydrogen) atoms. The van der Waals surface area contributed by atoms with Gasteiger partial charge >= 0.3 is 0 Å². The summed E-state index contributed by atoms with van der Waals surface area (Å²) in [5.41, 5.74) is 2.08. The molecule has 1 aromatic heterocycles. The number of nitrogens with one attached hydrogen (secondary N) is 1. The van der Waals surface area contributed by atoms with Crippen molar-refractivity contribution in [3.05, 3.63) is 65.9 Å². The van der Waals surface area contributed by atoms with E-state index in [0.717, 1.165) is 29.9 Å². The van der Waals surface area contributed by atoms with E-state index in [2.05, 4.69) is 17.4 Å². The molecule has 6 heteroatoms. The Kier molecular flexibility index (Phi) is 6.68. The molecule has 2 aromatic carbocycles. The van der Waals surface area contributed by atoms with Crippen LogP contribution in [0.25, 0.3) is 11.3 Å². The lowest BCUT2D eigenvalue weighted by Crippen LogP contribution is -2.22. The minimum Gasteiger partial charge on any atom is -0.497 e. The van der Waals surface area contributed by atoms with Crippen LogP contribution in [0.4, 0.5) is 0 Å². The number of nitrogens with zero attached hydrogens (tertiary/aromatic N) is 1. The maximum atomic E-state index is 12.3. The van der Waals surface area contributed by atoms with Crippen molar-refractivity contribution in [2.75, 3.05) is 13.7 Å². The first-order chi connectivity index (χ1) is 13.7. The summed E-state index contributed by atoms with van der Waals surface area (Å²) >= 11 is 0. The molecule has 0 aliphatic heterocycles. The first-order valence-electron chi connectivity index (χ1n) is 9.30. The van der Waals surface area contributed by atoms with E-state index in [9.17, 15) is 4.79 Å². The zero-order valence-corrected chi connectivity index (χ0v) is 16.1. The van der Waals surface area contributed by atoms with E-state index < -0.39 is 0 Å². The molecular weight excluding hydrogens is 356 g/mol. The second-order valence-corrected chi connectivity index (χ2v) is 6.32. The van der Waals surface area contributed by atoms with Gasteiger partial charge in [0.2, 0.25) is 0 Å². The Labute approximate surface area is 164 Å². The summed E-state index contributed by atoms with van der Waals surface area (Å²) in [6.45, 7) is 3.08. The fourth-order valence-electron chi connectivity index (χ4n) is 2.62. The van der Waals surface area contributed by atoms with Gasteiger partial charge in [-0.1, -0.05) is 30.6 Å². The molecule has 0 saturated heterocycles. The lowest BCUT2D eigenvalue weighted by molar-refractivity contribution is 0.0950. The number of methoxy groups -OCH3 is 1. The highest BCUT2D eigenvalue weighted by Gasteiger charge is 2.10. The van der Waals surface area contributed by atoms with Crippen molar-refractivity contribution in [3.8, 4) is 22.8 Å². The van der Waals surface area contributed by atoms with Crippen molar-refractivity contribution in [3.63, 3.8) is 0 Å². The number of unbranched alkanes of at least 4 members (excludes halogenated alkanes) is 1. The van der Waals surface area contributed by atoms with Crippen LogP contribution < -0.4 is 14.8 Å². The highest BCUT2D eigenvalue weighted by Crippen LogP contribution is 2.24. The number of hydrogen-bond donors (Lipinski definition) is 1. The number of ether oxygens (including phenoxy) is 2. The van der Waals surface area contributed by atoms with Crippen LogP contribution in [0, 0.1) is 0 Å². The van der Waals surface area contributed by atoms with E-state index in [0.29, 0.717) is 23.6 Å². The van der Waals surface area contributed by atoms with Gasteiger partial charge < -0.3 is 19.3 Å². The van der Waals surface area contributed by atoms with Crippen LogP contribution >= 0.6 is 0 Å². The number of amides is 1. The van der Waals surface area contributed by atoms with Crippen LogP contribution in [0.5, 0.6) is 11.5 Å². The van der Waals surface area contributed by atoms with Crippen molar-refractivity contribution in [2.45, 2.75) is 26.3 Å². The summed E-state index contributed by atoms with van der Waals surface area (Å²) in [5, 5.41) is 6.87. The second-order valence-electron chi connectivity index (χ2n) is 6.32. The van der Waals surface area contributed by atoms with Crippen molar-refractivity contribution in [2.24, 2.45) is 0 Å². The molecule has 0 fully saturated rings. The Balaban J connectivity index is 1.55. The highest BCUT2D eigenvalue weighted by molar-refractivity contribution is 5.94. The second kappa shape index (κ2) is 9.60. The van der Waals surface area contributed by atoms with E-state index in [1.165, 1.54) is 0 Å². The Morgan fingerprint density at radius 1 is 1.11 bits per heavy atom. The molecule has 1 amide bonds. The van der Waals surface area contributed by atoms with Gasteiger partial charge in [0.25, 0.3) is 5.91 Å². The molecular formula is C22H24N2O4. The van der Waals surface area contributed by atoms with Gasteiger partial charge in [0.05, 0.1) is 20.3 Å². The third-order valence-corrected chi connectivity index (χ3v) is 4.23. The number of carbonyl (C=O) groups excluding carboxylic acids is 1. The van der Waals surface area contributed by atoms with Crippen molar-refractivity contribution in [1.29, 1.82) is 0 Å². The van der Waals surface area contributed by atoms with Gasteiger partial charge in [0.15, 0.2) is 5.76 Å². The topological polar surface area (TPSA) is 73.6 Å². The smallest absolute Gasteiger partial charge is 0.251 e. The van der Waals surface area contributed by atoms with Crippen LogP contribution in [-0.2, 0) is 6.54 Å². The fraction of sp³-hybridized carbons (Fsp3) is 0.273. The van der Waals surface area contributed by atoms with Crippen molar-refractivity contribution < 1.29 is 18.8 Å². The van der Waals surface area contributed by atoms with Crippen molar-refractivity contribution >= 4 is 5.91 Å². The fourth-order valence-corrected chi connectivity index (χ4v) is 2.62. The van der Waals surface area contributed by atoms with E-state index in [1.807, 2.05) is 36.4 Å². The third-order valence-electron chi connectivity index (χ3n) is 4.23. The number of aromatic nitrogens is 1. The van der Waals surface area contributed by atoms with Crippen LogP contribution in [-0.4, -0.2) is 24.8 Å². The maximum Gasteiger partial charge on any atom is 0.251 e. The standard InChI is InChI=1S/C22H24N2O4/c1-3-4-12-27-19-10-8-16(9-11-19)22(25)23-15-18-14-21(28-24-18)17-6-5-7-20(13-17)26-2/h5-11,13-14H,3-4,12,15H2,1-2H3,(H,23,25). The molecule has 1 N–H and O–H groups in total. The SMILES string of the molecule is CCCCOc1ccc(C(=O)NCc2cc(-c3cccc(OC)c3)on2)cc1. The van der Waals surface area contributed by atoms with Gasteiger partial charge in [-0.3, -0.25) is 4.79 Å². The van der Waals surface area contributed by atoms with Gasteiger partial charge in [-0.15, -0.1) is 0 Å². The van der Waals surface area contributed by atoms with Gasteiger partial charge in [-0.2, -0.15) is 0 Å². The molecule has 0 atom stereocenters. The Hall–Kier alpha value is -3.28. The molecule has 0 aliphatic carbocycles. The van der Waals surface area contributed by atoms with Crippen LogP contribution in [0.3, 0.4) is 0 Å². The van der Waals surface area contributed by atoms with E-state index in [-0.39, 0.29) is 12.5 Å². The molecule has 3 rings (SSSR count). The highest BCUT2D eigenvalue weighted by atomic mass is 16.5. The molecule has 1 heterocycles. The number of rotatable bonds is 9. The monoisotopic (exact) mass is 380 g/mol. The Morgan fingerprint density at radius 3 is 2.68 bits per heavy atom. The quantitative estimate of drug-likeness (QED) is 0.555. The molecule has 0 bridgehead atoms. The summed E-state index contributed by atoms with van der Waals surface area (Å²) < 4.78 is 16.2. The molecule has 0 unspecified atom stereocenters. The lowest BCUT2D eigenvalue weighted by atomic mass is 10.1. The zero-order valence-electron chi connectivity index (χ0n) is 16.1. The number of hydrogen-bond acceptors (Lipinski definition) is 5. The van der Waals surface area contributed by atoms with Crippen LogP contribution in [0.1, 0.15) is 35.8 Å². The summed E-state index contributed by atoms with van der Waals surface area (Å²) in [6, 6.07) is 16.4. The molecule has 6 nitrogen and oxygen atoms in total. The minimum absolute atomic E-state index is 0.175. The van der Waals surface area contributed by atoms with Gasteiger partial charge in [0, 0.05) is 17.2 Å². The largest absolute Gasteiger partial charge is 0.497 e. The maximum absolute atomic E-state index is 12.3. The van der Waals surface area contributed by atoms with E-state index in [1.54, 1.807) is 25.3 Å². The molecule has 3 aromatic rings. The first kappa shape index (κ1) is 19.5. The summed E-state index contributed by atoms with van der Waals surface area (Å²) in [5.74, 6) is 1.96. The predicted molar refractivity (Wildman–Crippen MR) is 107 cm³/mol. The minimum atomic E-state index is -0.175. The average Bonchev–Trinajstić information content (AvgIpc) is 3.22. The summed E-state index contributed by atoms with van der Waals surface area (Å²) in [7, 11) is 1.62. The normalized spacial score (nSPS) is 10.5. The molecule has 0 saturated carbocycles. The van der Waals surface area contributed by atoms with Crippen molar-refractivity contribution in [1.82, 2.24) is 10.5 Å². The lowest BCUT2D eigenvalue weighted by Gasteiger charge is -2.07. The molecule has 0 spiro atoms.